The van der Waals surface area contributed by atoms with Crippen molar-refractivity contribution in [2.75, 3.05) is 0 Å². The van der Waals surface area contributed by atoms with Gasteiger partial charge in [-0.25, -0.2) is 4.39 Å². The first-order valence-corrected chi connectivity index (χ1v) is 7.24. The Bertz CT molecular complexity index is 584. The number of pyridine rings is 1. The Hall–Kier alpha value is -1.98. The molecule has 1 unspecified atom stereocenters. The van der Waals surface area contributed by atoms with Crippen LogP contribution in [0.5, 0.6) is 0 Å². The summed E-state index contributed by atoms with van der Waals surface area (Å²) in [6, 6.07) is 0.799. The molecule has 2 heterocycles. The minimum atomic E-state index is -0.746. The van der Waals surface area contributed by atoms with Crippen LogP contribution in [0.4, 0.5) is 4.39 Å². The lowest BCUT2D eigenvalue weighted by Gasteiger charge is -2.43. The molecule has 1 saturated carbocycles. The van der Waals surface area contributed by atoms with E-state index in [0.717, 1.165) is 19.0 Å². The molecule has 1 aliphatic heterocycles. The van der Waals surface area contributed by atoms with E-state index >= 15 is 0 Å². The SMILES string of the molecule is CC1C(=O)NC2(CCCC2)C(=O)N1Cc1cncc(F)c1. The molecule has 1 aromatic rings. The summed E-state index contributed by atoms with van der Waals surface area (Å²) in [5, 5.41) is 2.90. The van der Waals surface area contributed by atoms with Gasteiger partial charge in [0.1, 0.15) is 17.4 Å². The molecule has 1 atom stereocenters. The molecule has 6 heteroatoms. The van der Waals surface area contributed by atoms with Crippen LogP contribution in [0.2, 0.25) is 0 Å². The maximum Gasteiger partial charge on any atom is 0.249 e. The zero-order valence-electron chi connectivity index (χ0n) is 11.9. The molecule has 21 heavy (non-hydrogen) atoms. The molecule has 1 N–H and O–H groups in total. The highest BCUT2D eigenvalue weighted by atomic mass is 19.1. The Kier molecular flexibility index (Phi) is 3.39. The Morgan fingerprint density at radius 1 is 1.38 bits per heavy atom. The van der Waals surface area contributed by atoms with E-state index in [2.05, 4.69) is 10.3 Å². The molecule has 0 radical (unpaired) electrons. The quantitative estimate of drug-likeness (QED) is 0.895. The van der Waals surface area contributed by atoms with Crippen molar-refractivity contribution in [3.8, 4) is 0 Å². The first kappa shape index (κ1) is 14.0. The fourth-order valence-electron chi connectivity index (χ4n) is 3.25. The molecule has 2 aliphatic rings. The fraction of sp³-hybridized carbons (Fsp3) is 0.533. The van der Waals surface area contributed by atoms with Crippen molar-refractivity contribution in [1.82, 2.24) is 15.2 Å². The van der Waals surface area contributed by atoms with Gasteiger partial charge in [0.15, 0.2) is 0 Å². The predicted molar refractivity (Wildman–Crippen MR) is 73.5 cm³/mol. The molecule has 1 aliphatic carbocycles. The minimum absolute atomic E-state index is 0.0589. The number of amides is 2. The standard InChI is InChI=1S/C15H18FN3O2/c1-10-13(20)18-15(4-2-3-5-15)14(21)19(10)9-11-6-12(16)8-17-7-11/h6-8,10H,2-5,9H2,1H3,(H,18,20). The van der Waals surface area contributed by atoms with Crippen molar-refractivity contribution >= 4 is 11.8 Å². The Morgan fingerprint density at radius 3 is 2.76 bits per heavy atom. The molecule has 112 valence electrons. The third-order valence-electron chi connectivity index (χ3n) is 4.45. The van der Waals surface area contributed by atoms with Crippen molar-refractivity contribution < 1.29 is 14.0 Å². The Labute approximate surface area is 122 Å². The third-order valence-corrected chi connectivity index (χ3v) is 4.45. The number of piperazine rings is 1. The third kappa shape index (κ3) is 2.39. The van der Waals surface area contributed by atoms with Gasteiger partial charge >= 0.3 is 0 Å². The van der Waals surface area contributed by atoms with E-state index in [1.165, 1.54) is 12.3 Å². The monoisotopic (exact) mass is 291 g/mol. The van der Waals surface area contributed by atoms with Gasteiger partial charge in [-0.15, -0.1) is 0 Å². The van der Waals surface area contributed by atoms with E-state index in [-0.39, 0.29) is 18.4 Å². The van der Waals surface area contributed by atoms with Crippen LogP contribution in [0, 0.1) is 5.82 Å². The molecule has 1 aromatic heterocycles. The van der Waals surface area contributed by atoms with Gasteiger partial charge in [0.25, 0.3) is 0 Å². The lowest BCUT2D eigenvalue weighted by molar-refractivity contribution is -0.154. The van der Waals surface area contributed by atoms with E-state index in [0.29, 0.717) is 18.4 Å². The van der Waals surface area contributed by atoms with Gasteiger partial charge in [0, 0.05) is 12.7 Å². The molecular weight excluding hydrogens is 273 g/mol. The minimum Gasteiger partial charge on any atom is -0.340 e. The molecule has 2 fully saturated rings. The first-order chi connectivity index (χ1) is 10.0. The predicted octanol–water partition coefficient (Wildman–Crippen LogP) is 1.38. The molecule has 5 nitrogen and oxygen atoms in total. The second-order valence-corrected chi connectivity index (χ2v) is 5.90. The summed E-state index contributed by atoms with van der Waals surface area (Å²) in [7, 11) is 0. The van der Waals surface area contributed by atoms with Crippen LogP contribution >= 0.6 is 0 Å². The van der Waals surface area contributed by atoms with Crippen LogP contribution in [-0.4, -0.2) is 33.3 Å². The number of hydrogen-bond donors (Lipinski definition) is 1. The van der Waals surface area contributed by atoms with Gasteiger partial charge < -0.3 is 10.2 Å². The van der Waals surface area contributed by atoms with Gasteiger partial charge in [-0.05, 0) is 31.4 Å². The number of halogens is 1. The van der Waals surface area contributed by atoms with E-state index in [1.807, 2.05) is 0 Å². The summed E-state index contributed by atoms with van der Waals surface area (Å²) >= 11 is 0. The largest absolute Gasteiger partial charge is 0.340 e. The van der Waals surface area contributed by atoms with Crippen molar-refractivity contribution in [1.29, 1.82) is 0 Å². The normalized spacial score (nSPS) is 24.5. The number of nitrogens with one attached hydrogen (secondary N) is 1. The van der Waals surface area contributed by atoms with E-state index in [4.69, 9.17) is 0 Å². The summed E-state index contributed by atoms with van der Waals surface area (Å²) in [6.07, 6.45) is 5.89. The van der Waals surface area contributed by atoms with Crippen LogP contribution < -0.4 is 5.32 Å². The smallest absolute Gasteiger partial charge is 0.249 e. The number of carbonyl (C=O) groups excluding carboxylic acids is 2. The highest BCUT2D eigenvalue weighted by Gasteiger charge is 2.50. The maximum atomic E-state index is 13.2. The number of carbonyl (C=O) groups is 2. The van der Waals surface area contributed by atoms with Gasteiger partial charge in [0.05, 0.1) is 6.20 Å². The summed E-state index contributed by atoms with van der Waals surface area (Å²) in [5.74, 6) is -0.637. The van der Waals surface area contributed by atoms with Crippen molar-refractivity contribution in [3.63, 3.8) is 0 Å². The van der Waals surface area contributed by atoms with Crippen LogP contribution in [0.3, 0.4) is 0 Å². The number of aromatic nitrogens is 1. The van der Waals surface area contributed by atoms with Gasteiger partial charge in [-0.1, -0.05) is 12.8 Å². The summed E-state index contributed by atoms with van der Waals surface area (Å²) in [6.45, 7) is 1.90. The van der Waals surface area contributed by atoms with Gasteiger partial charge in [-0.2, -0.15) is 0 Å². The second kappa shape index (κ2) is 5.09. The van der Waals surface area contributed by atoms with Crippen LogP contribution in [0.15, 0.2) is 18.5 Å². The second-order valence-electron chi connectivity index (χ2n) is 5.90. The summed E-state index contributed by atoms with van der Waals surface area (Å²) in [5.41, 5.74) is -0.150. The Morgan fingerprint density at radius 2 is 2.10 bits per heavy atom. The molecule has 2 amide bonds. The zero-order valence-corrected chi connectivity index (χ0v) is 11.9. The van der Waals surface area contributed by atoms with E-state index < -0.39 is 17.4 Å². The Balaban J connectivity index is 1.88. The lowest BCUT2D eigenvalue weighted by atomic mass is 9.91. The van der Waals surface area contributed by atoms with Crippen molar-refractivity contribution in [2.45, 2.75) is 50.7 Å². The summed E-state index contributed by atoms with van der Waals surface area (Å²) < 4.78 is 13.2. The number of rotatable bonds is 2. The molecule has 0 bridgehead atoms. The van der Waals surface area contributed by atoms with E-state index in [9.17, 15) is 14.0 Å². The molecular formula is C15H18FN3O2. The molecule has 3 rings (SSSR count). The highest BCUT2D eigenvalue weighted by Crippen LogP contribution is 2.35. The van der Waals surface area contributed by atoms with Gasteiger partial charge in [0.2, 0.25) is 11.8 Å². The summed E-state index contributed by atoms with van der Waals surface area (Å²) in [4.78, 5) is 30.3. The maximum absolute atomic E-state index is 13.2. The van der Waals surface area contributed by atoms with Gasteiger partial charge in [-0.3, -0.25) is 14.6 Å². The molecule has 1 spiro atoms. The van der Waals surface area contributed by atoms with Crippen LogP contribution in [-0.2, 0) is 16.1 Å². The van der Waals surface area contributed by atoms with Crippen molar-refractivity contribution in [2.24, 2.45) is 0 Å². The fourth-order valence-corrected chi connectivity index (χ4v) is 3.25. The average Bonchev–Trinajstić information content (AvgIpc) is 2.91. The lowest BCUT2D eigenvalue weighted by Crippen LogP contribution is -2.68. The van der Waals surface area contributed by atoms with Crippen molar-refractivity contribution in [3.05, 3.63) is 29.8 Å². The number of nitrogens with zero attached hydrogens (tertiary/aromatic N) is 2. The first-order valence-electron chi connectivity index (χ1n) is 7.24. The zero-order chi connectivity index (χ0) is 15.0. The topological polar surface area (TPSA) is 62.3 Å². The molecule has 1 saturated heterocycles. The highest BCUT2D eigenvalue weighted by molar-refractivity contribution is 5.99. The number of hydrogen-bond acceptors (Lipinski definition) is 3. The molecule has 0 aromatic carbocycles. The van der Waals surface area contributed by atoms with Crippen LogP contribution in [0.25, 0.3) is 0 Å². The average molecular weight is 291 g/mol. The van der Waals surface area contributed by atoms with E-state index in [1.54, 1.807) is 11.8 Å². The van der Waals surface area contributed by atoms with Crippen LogP contribution in [0.1, 0.15) is 38.2 Å².